The van der Waals surface area contributed by atoms with Crippen molar-refractivity contribution in [2.24, 2.45) is 17.2 Å². The van der Waals surface area contributed by atoms with E-state index in [2.05, 4.69) is 11.1 Å². The van der Waals surface area contributed by atoms with Gasteiger partial charge in [-0.05, 0) is 6.42 Å². The molecule has 0 aromatic carbocycles. The van der Waals surface area contributed by atoms with Crippen LogP contribution >= 0.6 is 0 Å². The van der Waals surface area contributed by atoms with E-state index in [1.807, 2.05) is 0 Å². The molecule has 0 saturated heterocycles. The largest absolute Gasteiger partial charge is 0.397 e. The molecular formula is C22H55N3O7S. The number of hydrogen-bond donors (Lipinski definition) is 7. The summed E-state index contributed by atoms with van der Waals surface area (Å²) in [6.45, 7) is 3.76. The van der Waals surface area contributed by atoms with Crippen molar-refractivity contribution >= 4 is 10.4 Å². The predicted molar refractivity (Wildman–Crippen MR) is 136 cm³/mol. The molecule has 0 heterocycles. The Balaban J connectivity index is -0.000000287. The number of aliphatic hydroxyl groups is 3. The lowest BCUT2D eigenvalue weighted by Crippen LogP contribution is -2.04. The first-order valence-electron chi connectivity index (χ1n) is 12.4. The highest BCUT2D eigenvalue weighted by atomic mass is 32.3. The van der Waals surface area contributed by atoms with E-state index < -0.39 is 10.4 Å². The lowest BCUT2D eigenvalue weighted by Gasteiger charge is -2.03. The molecule has 0 amide bonds. The molecule has 0 bridgehead atoms. The van der Waals surface area contributed by atoms with Gasteiger partial charge in [0.05, 0.1) is 26.4 Å². The summed E-state index contributed by atoms with van der Waals surface area (Å²) in [5.74, 6) is 0. The highest BCUT2D eigenvalue weighted by molar-refractivity contribution is 7.80. The standard InChI is InChI=1S/C16H34O4S.3C2H7NO/c1-2-3-4-5-6-7-8-9-10-11-12-13-14-15-16-20-21(17,18)19;3*3-1-2-4/h2-16H2,1H3,(H,17,18,19);3*4H,1-3H2. The minimum atomic E-state index is -4.24. The van der Waals surface area contributed by atoms with Gasteiger partial charge in [0.2, 0.25) is 0 Å². The van der Waals surface area contributed by atoms with E-state index >= 15 is 0 Å². The van der Waals surface area contributed by atoms with Crippen LogP contribution in [0.3, 0.4) is 0 Å². The van der Waals surface area contributed by atoms with Crippen LogP contribution in [0.1, 0.15) is 96.8 Å². The quantitative estimate of drug-likeness (QED) is 0.101. The van der Waals surface area contributed by atoms with Gasteiger partial charge in [-0.25, -0.2) is 4.18 Å². The summed E-state index contributed by atoms with van der Waals surface area (Å²) in [7, 11) is -4.24. The van der Waals surface area contributed by atoms with Gasteiger partial charge in [-0.1, -0.05) is 90.4 Å². The molecule has 0 aromatic rings. The maximum Gasteiger partial charge on any atom is 0.397 e. The fraction of sp³-hybridized carbons (Fsp3) is 1.00. The van der Waals surface area contributed by atoms with Crippen molar-refractivity contribution in [1.82, 2.24) is 0 Å². The number of hydrogen-bond acceptors (Lipinski definition) is 9. The van der Waals surface area contributed by atoms with Crippen LogP contribution in [-0.4, -0.2) is 74.4 Å². The van der Waals surface area contributed by atoms with Gasteiger partial charge in [0.25, 0.3) is 0 Å². The van der Waals surface area contributed by atoms with Gasteiger partial charge in [-0.15, -0.1) is 0 Å². The van der Waals surface area contributed by atoms with Crippen LogP contribution in [0.4, 0.5) is 0 Å². The fourth-order valence-electron chi connectivity index (χ4n) is 2.46. The first-order chi connectivity index (χ1) is 15.8. The minimum Gasteiger partial charge on any atom is -0.395 e. The van der Waals surface area contributed by atoms with Gasteiger partial charge in [-0.2, -0.15) is 8.42 Å². The molecule has 0 rings (SSSR count). The third-order valence-electron chi connectivity index (χ3n) is 4.12. The molecular weight excluding hydrogens is 450 g/mol. The second-order valence-corrected chi connectivity index (χ2v) is 8.47. The maximum atomic E-state index is 10.3. The smallest absolute Gasteiger partial charge is 0.395 e. The Hall–Kier alpha value is -0.370. The van der Waals surface area contributed by atoms with Gasteiger partial charge in [0.15, 0.2) is 0 Å². The van der Waals surface area contributed by atoms with Crippen molar-refractivity contribution in [2.75, 3.05) is 46.1 Å². The third kappa shape index (κ3) is 65.2. The number of nitrogens with two attached hydrogens (primary N) is 3. The average Bonchev–Trinajstić information content (AvgIpc) is 2.81. The number of unbranched alkanes of at least 4 members (excludes halogenated alkanes) is 13. The molecule has 0 atom stereocenters. The highest BCUT2D eigenvalue weighted by Crippen LogP contribution is 2.12. The second kappa shape index (κ2) is 38.9. The molecule has 0 aromatic heterocycles. The molecule has 206 valence electrons. The molecule has 0 saturated carbocycles. The molecule has 0 aliphatic rings. The first-order valence-corrected chi connectivity index (χ1v) is 13.7. The van der Waals surface area contributed by atoms with Crippen LogP contribution in [0.15, 0.2) is 0 Å². The SMILES string of the molecule is CCCCCCCCCCCCCCCCOS(=O)(=O)O.NCCO.NCCO.NCCO. The normalized spacial score (nSPS) is 10.3. The van der Waals surface area contributed by atoms with Crippen LogP contribution < -0.4 is 17.2 Å². The molecule has 10 N–H and O–H groups in total. The highest BCUT2D eigenvalue weighted by Gasteiger charge is 2.02. The maximum absolute atomic E-state index is 10.3. The van der Waals surface area contributed by atoms with Crippen LogP contribution in [0.25, 0.3) is 0 Å². The zero-order valence-corrected chi connectivity index (χ0v) is 21.8. The molecule has 0 aliphatic heterocycles. The molecule has 11 heteroatoms. The molecule has 0 radical (unpaired) electrons. The summed E-state index contributed by atoms with van der Waals surface area (Å²) in [5.41, 5.74) is 14.3. The van der Waals surface area contributed by atoms with Gasteiger partial charge in [0, 0.05) is 19.6 Å². The second-order valence-electron chi connectivity index (χ2n) is 7.38. The Morgan fingerprint density at radius 2 is 0.818 bits per heavy atom. The van der Waals surface area contributed by atoms with Crippen molar-refractivity contribution in [1.29, 1.82) is 0 Å². The van der Waals surface area contributed by atoms with Crippen molar-refractivity contribution in [3.8, 4) is 0 Å². The number of aliphatic hydroxyl groups excluding tert-OH is 3. The van der Waals surface area contributed by atoms with E-state index in [-0.39, 0.29) is 26.4 Å². The Labute approximate surface area is 203 Å². The molecule has 0 aliphatic carbocycles. The number of rotatable bonds is 19. The lowest BCUT2D eigenvalue weighted by molar-refractivity contribution is 0.261. The van der Waals surface area contributed by atoms with Crippen LogP contribution in [0, 0.1) is 0 Å². The van der Waals surface area contributed by atoms with E-state index in [4.69, 9.17) is 37.1 Å². The van der Waals surface area contributed by atoms with Gasteiger partial charge >= 0.3 is 10.4 Å². The molecule has 10 nitrogen and oxygen atoms in total. The fourth-order valence-corrected chi connectivity index (χ4v) is 2.79. The van der Waals surface area contributed by atoms with E-state index in [9.17, 15) is 8.42 Å². The van der Waals surface area contributed by atoms with Crippen molar-refractivity contribution < 1.29 is 32.5 Å². The monoisotopic (exact) mass is 505 g/mol. The summed E-state index contributed by atoms with van der Waals surface area (Å²) in [4.78, 5) is 0. The van der Waals surface area contributed by atoms with Crippen LogP contribution in [0.2, 0.25) is 0 Å². The van der Waals surface area contributed by atoms with E-state index in [1.54, 1.807) is 0 Å². The molecule has 0 fully saturated rings. The van der Waals surface area contributed by atoms with Crippen LogP contribution in [0.5, 0.6) is 0 Å². The summed E-state index contributed by atoms with van der Waals surface area (Å²) in [6.07, 6.45) is 17.6. The van der Waals surface area contributed by atoms with Crippen LogP contribution in [-0.2, 0) is 14.6 Å². The van der Waals surface area contributed by atoms with Gasteiger partial charge in [0.1, 0.15) is 0 Å². The topological polar surface area (TPSA) is 202 Å². The summed E-state index contributed by atoms with van der Waals surface area (Å²) >= 11 is 0. The predicted octanol–water partition coefficient (Wildman–Crippen LogP) is 2.10. The summed E-state index contributed by atoms with van der Waals surface area (Å²) < 4.78 is 33.2. The van der Waals surface area contributed by atoms with E-state index in [0.717, 1.165) is 12.8 Å². The third-order valence-corrected chi connectivity index (χ3v) is 4.58. The summed E-state index contributed by atoms with van der Waals surface area (Å²) in [5, 5.41) is 23.2. The summed E-state index contributed by atoms with van der Waals surface area (Å²) in [6, 6.07) is 0. The van der Waals surface area contributed by atoms with Crippen molar-refractivity contribution in [3.05, 3.63) is 0 Å². The zero-order chi connectivity index (χ0) is 26.1. The van der Waals surface area contributed by atoms with E-state index in [0.29, 0.717) is 26.1 Å². The Kier molecular flexibility index (Phi) is 46.9. The van der Waals surface area contributed by atoms with Crippen molar-refractivity contribution in [3.63, 3.8) is 0 Å². The Morgan fingerprint density at radius 1 is 0.576 bits per heavy atom. The molecule has 0 unspecified atom stereocenters. The molecule has 0 spiro atoms. The lowest BCUT2D eigenvalue weighted by atomic mass is 10.0. The zero-order valence-electron chi connectivity index (χ0n) is 21.0. The minimum absolute atomic E-state index is 0.0941. The first kappa shape index (κ1) is 39.8. The van der Waals surface area contributed by atoms with Crippen molar-refractivity contribution in [2.45, 2.75) is 96.8 Å². The Bertz CT molecular complexity index is 388. The van der Waals surface area contributed by atoms with E-state index in [1.165, 1.54) is 70.6 Å². The van der Waals surface area contributed by atoms with Gasteiger partial charge in [-0.3, -0.25) is 4.55 Å². The van der Waals surface area contributed by atoms with Gasteiger partial charge < -0.3 is 32.5 Å². The Morgan fingerprint density at radius 3 is 1.03 bits per heavy atom. The average molecular weight is 506 g/mol. The molecule has 33 heavy (non-hydrogen) atoms.